The largest absolute Gasteiger partial charge is 0.394 e. The van der Waals surface area contributed by atoms with Crippen LogP contribution in [0.5, 0.6) is 0 Å². The van der Waals surface area contributed by atoms with Crippen molar-refractivity contribution >= 4 is 5.69 Å². The van der Waals surface area contributed by atoms with E-state index in [0.29, 0.717) is 11.4 Å². The van der Waals surface area contributed by atoms with Gasteiger partial charge in [-0.1, -0.05) is 50.2 Å². The Bertz CT molecular complexity index is 495. The summed E-state index contributed by atoms with van der Waals surface area (Å²) in [5.41, 5.74) is 8.69. The topological polar surface area (TPSA) is 52.0 Å². The second kappa shape index (κ2) is 3.67. The summed E-state index contributed by atoms with van der Waals surface area (Å²) in [6.45, 7) is 6.50. The molecule has 0 bridgehead atoms. The molecule has 0 saturated carbocycles. The van der Waals surface area contributed by atoms with Crippen molar-refractivity contribution in [1.82, 2.24) is 5.16 Å². The van der Waals surface area contributed by atoms with Gasteiger partial charge in [-0.05, 0) is 11.0 Å². The minimum Gasteiger partial charge on any atom is -0.394 e. The standard InChI is InChI=1S/C13H16N2O/c1-13(2,3)10-7-5-4-6-9(10)12-11(14)8-15-16-12/h4-8H,14H2,1-3H3. The smallest absolute Gasteiger partial charge is 0.189 e. The van der Waals surface area contributed by atoms with Gasteiger partial charge in [0.1, 0.15) is 5.69 Å². The summed E-state index contributed by atoms with van der Waals surface area (Å²) in [5, 5.41) is 3.72. The van der Waals surface area contributed by atoms with E-state index in [1.54, 1.807) is 0 Å². The predicted octanol–water partition coefficient (Wildman–Crippen LogP) is 3.22. The maximum Gasteiger partial charge on any atom is 0.189 e. The van der Waals surface area contributed by atoms with E-state index in [0.717, 1.165) is 5.56 Å². The third-order valence-corrected chi connectivity index (χ3v) is 2.58. The maximum atomic E-state index is 5.83. The molecule has 0 radical (unpaired) electrons. The van der Waals surface area contributed by atoms with Crippen LogP contribution in [0.1, 0.15) is 26.3 Å². The van der Waals surface area contributed by atoms with Gasteiger partial charge in [0, 0.05) is 5.56 Å². The highest BCUT2D eigenvalue weighted by molar-refractivity contribution is 5.73. The molecule has 2 rings (SSSR count). The Morgan fingerprint density at radius 1 is 1.19 bits per heavy atom. The van der Waals surface area contributed by atoms with Crippen molar-refractivity contribution in [1.29, 1.82) is 0 Å². The number of benzene rings is 1. The van der Waals surface area contributed by atoms with Gasteiger partial charge < -0.3 is 10.3 Å². The molecule has 3 heteroatoms. The van der Waals surface area contributed by atoms with Crippen LogP contribution in [0.3, 0.4) is 0 Å². The van der Waals surface area contributed by atoms with Crippen LogP contribution in [0.2, 0.25) is 0 Å². The zero-order valence-corrected chi connectivity index (χ0v) is 9.82. The number of nitrogen functional groups attached to an aromatic ring is 1. The van der Waals surface area contributed by atoms with E-state index in [1.807, 2.05) is 18.2 Å². The van der Waals surface area contributed by atoms with E-state index >= 15 is 0 Å². The van der Waals surface area contributed by atoms with Gasteiger partial charge in [-0.25, -0.2) is 0 Å². The Kier molecular flexibility index (Phi) is 2.46. The molecule has 3 nitrogen and oxygen atoms in total. The number of hydrogen-bond donors (Lipinski definition) is 1. The van der Waals surface area contributed by atoms with Crippen LogP contribution < -0.4 is 5.73 Å². The highest BCUT2D eigenvalue weighted by atomic mass is 16.5. The Labute approximate surface area is 95.3 Å². The van der Waals surface area contributed by atoms with Crippen molar-refractivity contribution < 1.29 is 4.52 Å². The highest BCUT2D eigenvalue weighted by Gasteiger charge is 2.21. The van der Waals surface area contributed by atoms with Crippen molar-refractivity contribution in [2.75, 3.05) is 5.73 Å². The Morgan fingerprint density at radius 3 is 2.44 bits per heavy atom. The number of aromatic nitrogens is 1. The van der Waals surface area contributed by atoms with E-state index in [2.05, 4.69) is 32.0 Å². The SMILES string of the molecule is CC(C)(C)c1ccccc1-c1oncc1N. The van der Waals surface area contributed by atoms with E-state index in [1.165, 1.54) is 11.8 Å². The molecule has 2 N–H and O–H groups in total. The lowest BCUT2D eigenvalue weighted by atomic mass is 9.83. The predicted molar refractivity (Wildman–Crippen MR) is 65.1 cm³/mol. The summed E-state index contributed by atoms with van der Waals surface area (Å²) < 4.78 is 5.21. The molecule has 0 aliphatic rings. The van der Waals surface area contributed by atoms with Gasteiger partial charge in [0.2, 0.25) is 0 Å². The molecule has 0 fully saturated rings. The molecule has 1 heterocycles. The quantitative estimate of drug-likeness (QED) is 0.796. The lowest BCUT2D eigenvalue weighted by Gasteiger charge is -2.21. The molecular formula is C13H16N2O. The first-order valence-electron chi connectivity index (χ1n) is 5.30. The summed E-state index contributed by atoms with van der Waals surface area (Å²) in [5.74, 6) is 0.658. The van der Waals surface area contributed by atoms with Gasteiger partial charge in [0.15, 0.2) is 5.76 Å². The average molecular weight is 216 g/mol. The summed E-state index contributed by atoms with van der Waals surface area (Å²) in [6, 6.07) is 8.11. The summed E-state index contributed by atoms with van der Waals surface area (Å²) in [7, 11) is 0. The number of hydrogen-bond acceptors (Lipinski definition) is 3. The van der Waals surface area contributed by atoms with Gasteiger partial charge in [0.05, 0.1) is 6.20 Å². The zero-order chi connectivity index (χ0) is 11.8. The van der Waals surface area contributed by atoms with Crippen LogP contribution in [0.15, 0.2) is 35.0 Å². The minimum absolute atomic E-state index is 0.0514. The minimum atomic E-state index is 0.0514. The molecule has 0 unspecified atom stereocenters. The summed E-state index contributed by atoms with van der Waals surface area (Å²) in [6.07, 6.45) is 1.54. The molecule has 84 valence electrons. The molecule has 0 amide bonds. The van der Waals surface area contributed by atoms with Crippen molar-refractivity contribution in [2.24, 2.45) is 0 Å². The van der Waals surface area contributed by atoms with E-state index < -0.39 is 0 Å². The molecule has 0 aliphatic carbocycles. The van der Waals surface area contributed by atoms with Crippen LogP contribution in [0, 0.1) is 0 Å². The second-order valence-electron chi connectivity index (χ2n) is 4.91. The van der Waals surface area contributed by atoms with Crippen molar-refractivity contribution in [3.05, 3.63) is 36.0 Å². The van der Waals surface area contributed by atoms with Crippen LogP contribution in [0.25, 0.3) is 11.3 Å². The first-order valence-corrected chi connectivity index (χ1v) is 5.30. The first-order chi connectivity index (χ1) is 7.50. The Hall–Kier alpha value is -1.77. The highest BCUT2D eigenvalue weighted by Crippen LogP contribution is 2.35. The van der Waals surface area contributed by atoms with E-state index in [-0.39, 0.29) is 5.41 Å². The third-order valence-electron chi connectivity index (χ3n) is 2.58. The van der Waals surface area contributed by atoms with Gasteiger partial charge in [-0.15, -0.1) is 0 Å². The second-order valence-corrected chi connectivity index (χ2v) is 4.91. The fraction of sp³-hybridized carbons (Fsp3) is 0.308. The maximum absolute atomic E-state index is 5.83. The molecule has 0 saturated heterocycles. The van der Waals surface area contributed by atoms with Crippen molar-refractivity contribution in [3.8, 4) is 11.3 Å². The van der Waals surface area contributed by atoms with Crippen LogP contribution in [0.4, 0.5) is 5.69 Å². The monoisotopic (exact) mass is 216 g/mol. The van der Waals surface area contributed by atoms with Crippen molar-refractivity contribution in [3.63, 3.8) is 0 Å². The third kappa shape index (κ3) is 1.81. The average Bonchev–Trinajstić information content (AvgIpc) is 2.63. The van der Waals surface area contributed by atoms with Crippen LogP contribution >= 0.6 is 0 Å². The molecular weight excluding hydrogens is 200 g/mol. The fourth-order valence-electron chi connectivity index (χ4n) is 1.79. The van der Waals surface area contributed by atoms with E-state index in [9.17, 15) is 0 Å². The van der Waals surface area contributed by atoms with Gasteiger partial charge in [-0.3, -0.25) is 0 Å². The summed E-state index contributed by atoms with van der Waals surface area (Å²) in [4.78, 5) is 0. The summed E-state index contributed by atoms with van der Waals surface area (Å²) >= 11 is 0. The molecule has 2 aromatic rings. The van der Waals surface area contributed by atoms with Crippen LogP contribution in [-0.2, 0) is 5.41 Å². The number of anilines is 1. The van der Waals surface area contributed by atoms with Gasteiger partial charge >= 0.3 is 0 Å². The number of rotatable bonds is 1. The fourth-order valence-corrected chi connectivity index (χ4v) is 1.79. The molecule has 0 aliphatic heterocycles. The lowest BCUT2D eigenvalue weighted by molar-refractivity contribution is 0.431. The van der Waals surface area contributed by atoms with Crippen LogP contribution in [-0.4, -0.2) is 5.16 Å². The molecule has 1 aromatic carbocycles. The zero-order valence-electron chi connectivity index (χ0n) is 9.82. The Morgan fingerprint density at radius 2 is 1.88 bits per heavy atom. The molecule has 1 aromatic heterocycles. The Balaban J connectivity index is 2.62. The number of nitrogens with two attached hydrogens (primary N) is 1. The van der Waals surface area contributed by atoms with Gasteiger partial charge in [0.25, 0.3) is 0 Å². The number of nitrogens with zero attached hydrogens (tertiary/aromatic N) is 1. The normalized spacial score (nSPS) is 11.7. The lowest BCUT2D eigenvalue weighted by Crippen LogP contribution is -2.12. The van der Waals surface area contributed by atoms with E-state index in [4.69, 9.17) is 10.3 Å². The van der Waals surface area contributed by atoms with Crippen molar-refractivity contribution in [2.45, 2.75) is 26.2 Å². The first kappa shape index (κ1) is 10.7. The van der Waals surface area contributed by atoms with Gasteiger partial charge in [-0.2, -0.15) is 0 Å². The molecule has 0 spiro atoms. The molecule has 0 atom stereocenters. The molecule has 16 heavy (non-hydrogen) atoms.